The molecule has 0 radical (unpaired) electrons. The molecule has 4 rings (SSSR count). The zero-order valence-corrected chi connectivity index (χ0v) is 25.9. The summed E-state index contributed by atoms with van der Waals surface area (Å²) >= 11 is 0. The smallest absolute Gasteiger partial charge is 0.357 e. The number of fused-ring (bicyclic) bond motifs is 1. The fourth-order valence-electron chi connectivity index (χ4n) is 6.81. The Kier molecular flexibility index (Phi) is 9.66. The number of methoxy groups -OCH3 is 1. The van der Waals surface area contributed by atoms with E-state index in [1.807, 2.05) is 19.9 Å². The molecular weight excluding hydrogens is 612 g/mol. The van der Waals surface area contributed by atoms with Gasteiger partial charge in [-0.2, -0.15) is 0 Å². The normalized spacial score (nSPS) is 26.3. The van der Waals surface area contributed by atoms with Crippen LogP contribution < -0.4 is 9.47 Å². The molecule has 0 aromatic heterocycles. The molecule has 0 saturated heterocycles. The Balaban J connectivity index is 1.74. The fraction of sp³-hybridized carbons (Fsp3) is 0.548. The zero-order chi connectivity index (χ0) is 34.1. The molecule has 0 amide bonds. The Morgan fingerprint density at radius 3 is 2.20 bits per heavy atom. The molecule has 1 saturated carbocycles. The number of carbonyl (C=O) groups is 6. The van der Waals surface area contributed by atoms with Crippen molar-refractivity contribution in [3.8, 4) is 11.5 Å². The van der Waals surface area contributed by atoms with Gasteiger partial charge in [0.25, 0.3) is 0 Å². The number of aliphatic hydroxyl groups is 1. The van der Waals surface area contributed by atoms with Crippen LogP contribution in [0.5, 0.6) is 11.5 Å². The maximum absolute atomic E-state index is 13.7. The van der Waals surface area contributed by atoms with E-state index in [4.69, 9.17) is 33.5 Å². The van der Waals surface area contributed by atoms with Crippen LogP contribution >= 0.6 is 0 Å². The van der Waals surface area contributed by atoms with Gasteiger partial charge in [-0.05, 0) is 49.8 Å². The minimum Gasteiger partial charge on any atom is -0.493 e. The van der Waals surface area contributed by atoms with Crippen LogP contribution in [-0.2, 0) is 53.1 Å². The number of aliphatic carboxylic acids is 2. The van der Waals surface area contributed by atoms with Crippen molar-refractivity contribution >= 4 is 35.8 Å². The zero-order valence-electron chi connectivity index (χ0n) is 25.9. The molecule has 1 fully saturated rings. The van der Waals surface area contributed by atoms with Crippen LogP contribution in [0.2, 0.25) is 0 Å². The quantitative estimate of drug-likeness (QED) is 0.230. The van der Waals surface area contributed by atoms with Crippen LogP contribution in [0.25, 0.3) is 0 Å². The molecule has 250 valence electrons. The van der Waals surface area contributed by atoms with Gasteiger partial charge in [0.1, 0.15) is 5.76 Å². The van der Waals surface area contributed by atoms with Crippen LogP contribution in [0, 0.1) is 12.8 Å². The van der Waals surface area contributed by atoms with Gasteiger partial charge < -0.3 is 43.7 Å². The van der Waals surface area contributed by atoms with Crippen molar-refractivity contribution in [3.05, 3.63) is 35.1 Å². The van der Waals surface area contributed by atoms with Gasteiger partial charge >= 0.3 is 35.8 Å². The second-order valence-corrected chi connectivity index (χ2v) is 11.6. The lowest BCUT2D eigenvalue weighted by Crippen LogP contribution is -2.65. The highest BCUT2D eigenvalue weighted by Crippen LogP contribution is 2.64. The second kappa shape index (κ2) is 13.0. The lowest BCUT2D eigenvalue weighted by Gasteiger charge is -2.56. The number of hydrogen-bond donors (Lipinski definition) is 3. The summed E-state index contributed by atoms with van der Waals surface area (Å²) in [7, 11) is 1.46. The first kappa shape index (κ1) is 34.2. The number of carbonyl (C=O) groups excluding carboxylic acids is 4. The highest BCUT2D eigenvalue weighted by atomic mass is 16.6. The van der Waals surface area contributed by atoms with Crippen LogP contribution in [0.15, 0.2) is 24.0 Å². The number of ether oxygens (including phenoxy) is 6. The number of rotatable bonds is 11. The minimum absolute atomic E-state index is 0.0376. The number of aryl methyl sites for hydroxylation is 1. The lowest BCUT2D eigenvalue weighted by molar-refractivity contribution is -0.195. The number of carboxylic acid groups (broad SMARTS) is 2. The molecule has 0 bridgehead atoms. The minimum atomic E-state index is -2.38. The van der Waals surface area contributed by atoms with Crippen LogP contribution in [0.4, 0.5) is 0 Å². The van der Waals surface area contributed by atoms with Crippen molar-refractivity contribution in [1.29, 1.82) is 0 Å². The van der Waals surface area contributed by atoms with E-state index in [2.05, 4.69) is 0 Å². The summed E-state index contributed by atoms with van der Waals surface area (Å²) in [6, 6.07) is 3.55. The first-order chi connectivity index (χ1) is 21.6. The highest BCUT2D eigenvalue weighted by molar-refractivity contribution is 5.91. The molecule has 1 aromatic carbocycles. The van der Waals surface area contributed by atoms with Crippen molar-refractivity contribution in [2.75, 3.05) is 7.11 Å². The van der Waals surface area contributed by atoms with Crippen molar-refractivity contribution < 1.29 is 72.5 Å². The molecular formula is C31H36O15. The Hall–Kier alpha value is -4.66. The van der Waals surface area contributed by atoms with E-state index in [0.717, 1.165) is 25.8 Å². The molecule has 1 spiro atoms. The Morgan fingerprint density at radius 1 is 1.00 bits per heavy atom. The van der Waals surface area contributed by atoms with Gasteiger partial charge in [-0.25, -0.2) is 14.4 Å². The molecule has 3 N–H and O–H groups in total. The predicted octanol–water partition coefficient (Wildman–Crippen LogP) is 1.72. The van der Waals surface area contributed by atoms with E-state index in [1.165, 1.54) is 13.2 Å². The van der Waals surface area contributed by atoms with Gasteiger partial charge in [0.15, 0.2) is 17.6 Å². The number of benzene rings is 1. The molecule has 3 aliphatic rings. The van der Waals surface area contributed by atoms with E-state index in [1.54, 1.807) is 6.07 Å². The van der Waals surface area contributed by atoms with Crippen molar-refractivity contribution in [1.82, 2.24) is 0 Å². The molecule has 2 aliphatic carbocycles. The summed E-state index contributed by atoms with van der Waals surface area (Å²) in [5.41, 5.74) is -0.921. The van der Waals surface area contributed by atoms with E-state index >= 15 is 0 Å². The third kappa shape index (κ3) is 5.98. The second-order valence-electron chi connectivity index (χ2n) is 11.6. The van der Waals surface area contributed by atoms with E-state index < -0.39 is 77.7 Å². The number of esters is 4. The SMILES string of the molecule is COc1ccc(C)c2c1O[C@H]1C(OC(=O)[C@H](OC(C)=O)[C@@H](OC(C)=O)C(=O)O[C@H](CC(=O)O)C(=O)O)=CC[C@@]3(O)[C@@H](C)CCC[C@]213. The maximum Gasteiger partial charge on any atom is 0.357 e. The van der Waals surface area contributed by atoms with E-state index in [9.17, 15) is 39.0 Å². The number of carboxylic acids is 2. The molecule has 1 aromatic rings. The van der Waals surface area contributed by atoms with Gasteiger partial charge in [-0.15, -0.1) is 0 Å². The molecule has 0 unspecified atom stereocenters. The van der Waals surface area contributed by atoms with Gasteiger partial charge in [0.05, 0.1) is 24.5 Å². The molecule has 15 heteroatoms. The van der Waals surface area contributed by atoms with Gasteiger partial charge in [0.2, 0.25) is 18.3 Å². The number of hydrogen-bond acceptors (Lipinski definition) is 13. The summed E-state index contributed by atoms with van der Waals surface area (Å²) < 4.78 is 32.4. The molecule has 46 heavy (non-hydrogen) atoms. The van der Waals surface area contributed by atoms with Crippen molar-refractivity contribution in [3.63, 3.8) is 0 Å². The summed E-state index contributed by atoms with van der Waals surface area (Å²) in [6.45, 7) is 5.55. The van der Waals surface area contributed by atoms with Gasteiger partial charge in [-0.1, -0.05) is 19.4 Å². The van der Waals surface area contributed by atoms with Crippen molar-refractivity contribution in [2.45, 2.75) is 95.2 Å². The molecule has 1 heterocycles. The Bertz CT molecular complexity index is 1480. The summed E-state index contributed by atoms with van der Waals surface area (Å²) in [5.74, 6) is -8.33. The molecule has 1 aliphatic heterocycles. The van der Waals surface area contributed by atoms with Gasteiger partial charge in [-0.3, -0.25) is 14.4 Å². The third-order valence-electron chi connectivity index (χ3n) is 8.79. The average Bonchev–Trinajstić information content (AvgIpc) is 3.32. The standard InChI is InChI=1S/C31H36O15/c1-14-8-9-18(41-5)23-22(14)30-11-6-7-15(2)31(30,40)12-10-19(26(30)46-23)44-28(38)24(42-16(3)32)25(43-17(4)33)29(39)45-20(27(36)37)13-21(34)35/h8-10,15,20,24-26,40H,6-7,11-13H2,1-5H3,(H,34,35)(H,36,37)/t15-,20+,24+,25+,26-,30-,31+/m0/s1. The third-order valence-corrected chi connectivity index (χ3v) is 8.79. The fourth-order valence-corrected chi connectivity index (χ4v) is 6.81. The van der Waals surface area contributed by atoms with Gasteiger partial charge in [0, 0.05) is 19.4 Å². The van der Waals surface area contributed by atoms with Crippen LogP contribution in [0.3, 0.4) is 0 Å². The van der Waals surface area contributed by atoms with E-state index in [-0.39, 0.29) is 18.1 Å². The summed E-state index contributed by atoms with van der Waals surface area (Å²) in [6.07, 6.45) is -5.76. The first-order valence-corrected chi connectivity index (χ1v) is 14.6. The largest absolute Gasteiger partial charge is 0.493 e. The lowest BCUT2D eigenvalue weighted by atomic mass is 9.51. The Labute approximate surface area is 263 Å². The van der Waals surface area contributed by atoms with Crippen LogP contribution in [-0.4, -0.2) is 88.3 Å². The topological polar surface area (TPSA) is 218 Å². The Morgan fingerprint density at radius 2 is 1.63 bits per heavy atom. The van der Waals surface area contributed by atoms with Crippen molar-refractivity contribution in [2.24, 2.45) is 5.92 Å². The maximum atomic E-state index is 13.7. The first-order valence-electron chi connectivity index (χ1n) is 14.6. The predicted molar refractivity (Wildman–Crippen MR) is 151 cm³/mol. The summed E-state index contributed by atoms with van der Waals surface area (Å²) in [4.78, 5) is 73.4. The monoisotopic (exact) mass is 648 g/mol. The van der Waals surface area contributed by atoms with E-state index in [0.29, 0.717) is 29.9 Å². The van der Waals surface area contributed by atoms with Crippen LogP contribution in [0.1, 0.15) is 64.0 Å². The summed E-state index contributed by atoms with van der Waals surface area (Å²) in [5, 5.41) is 30.6. The average molecular weight is 649 g/mol. The highest BCUT2D eigenvalue weighted by Gasteiger charge is 2.68. The molecule has 7 atom stereocenters. The molecule has 15 nitrogen and oxygen atoms in total.